The van der Waals surface area contributed by atoms with Gasteiger partial charge in [-0.2, -0.15) is 0 Å². The lowest BCUT2D eigenvalue weighted by Crippen LogP contribution is -2.66. The fourth-order valence-electron chi connectivity index (χ4n) is 2.70. The molecule has 1 spiro atoms. The Balaban J connectivity index is 1.96. The molecule has 0 bridgehead atoms. The Morgan fingerprint density at radius 3 is 2.06 bits per heavy atom. The van der Waals surface area contributed by atoms with Crippen molar-refractivity contribution in [2.45, 2.75) is 51.2 Å². The molecule has 2 heterocycles. The van der Waals surface area contributed by atoms with Gasteiger partial charge >= 0.3 is 6.09 Å². The standard InChI is InChI=1S/C13H24N2O2/c1-12(2,3)17-11(16)15-10-7-13(15)5-8-14(4)9-6-13/h5-10H2,1-4H3. The Hall–Kier alpha value is -0.770. The van der Waals surface area contributed by atoms with Crippen molar-refractivity contribution in [3.05, 3.63) is 0 Å². The smallest absolute Gasteiger partial charge is 0.410 e. The van der Waals surface area contributed by atoms with E-state index >= 15 is 0 Å². The van der Waals surface area contributed by atoms with Gasteiger partial charge in [-0.15, -0.1) is 0 Å². The molecule has 2 fully saturated rings. The number of carbonyl (C=O) groups excluding carboxylic acids is 1. The molecule has 0 radical (unpaired) electrons. The minimum absolute atomic E-state index is 0.106. The second-order valence-electron chi connectivity index (χ2n) is 6.41. The number of ether oxygens (including phenoxy) is 1. The Bertz CT molecular complexity index is 301. The van der Waals surface area contributed by atoms with Crippen molar-refractivity contribution < 1.29 is 9.53 Å². The average Bonchev–Trinajstić information content (AvgIpc) is 2.14. The molecular formula is C13H24N2O2. The zero-order chi connectivity index (χ0) is 12.7. The highest BCUT2D eigenvalue weighted by atomic mass is 16.6. The average molecular weight is 240 g/mol. The third-order valence-electron chi connectivity index (χ3n) is 3.90. The van der Waals surface area contributed by atoms with Crippen LogP contribution in [0.5, 0.6) is 0 Å². The summed E-state index contributed by atoms with van der Waals surface area (Å²) in [6, 6.07) is 0. The number of piperidine rings is 1. The van der Waals surface area contributed by atoms with E-state index in [1.54, 1.807) is 0 Å². The largest absolute Gasteiger partial charge is 0.444 e. The van der Waals surface area contributed by atoms with Crippen LogP contribution in [-0.4, -0.2) is 53.7 Å². The molecule has 98 valence electrons. The molecular weight excluding hydrogens is 216 g/mol. The van der Waals surface area contributed by atoms with Gasteiger partial charge in [-0.25, -0.2) is 4.79 Å². The molecule has 2 aliphatic rings. The van der Waals surface area contributed by atoms with E-state index in [1.165, 1.54) is 0 Å². The minimum Gasteiger partial charge on any atom is -0.444 e. The highest BCUT2D eigenvalue weighted by molar-refractivity contribution is 5.70. The van der Waals surface area contributed by atoms with Gasteiger partial charge in [0.05, 0.1) is 5.54 Å². The molecule has 0 N–H and O–H groups in total. The molecule has 4 nitrogen and oxygen atoms in total. The van der Waals surface area contributed by atoms with Gasteiger partial charge in [0.15, 0.2) is 0 Å². The van der Waals surface area contributed by atoms with Gasteiger partial charge < -0.3 is 14.5 Å². The van der Waals surface area contributed by atoms with E-state index in [-0.39, 0.29) is 17.2 Å². The van der Waals surface area contributed by atoms with Crippen molar-refractivity contribution in [2.75, 3.05) is 26.7 Å². The van der Waals surface area contributed by atoms with E-state index in [1.807, 2.05) is 25.7 Å². The van der Waals surface area contributed by atoms with Gasteiger partial charge in [0.25, 0.3) is 0 Å². The van der Waals surface area contributed by atoms with Crippen LogP contribution in [0.25, 0.3) is 0 Å². The monoisotopic (exact) mass is 240 g/mol. The first kappa shape index (κ1) is 12.7. The first-order valence-corrected chi connectivity index (χ1v) is 6.52. The Labute approximate surface area is 104 Å². The summed E-state index contributed by atoms with van der Waals surface area (Å²) in [6.45, 7) is 8.79. The molecule has 4 heteroatoms. The molecule has 1 amide bonds. The van der Waals surface area contributed by atoms with E-state index in [4.69, 9.17) is 4.74 Å². The van der Waals surface area contributed by atoms with Gasteiger partial charge in [0.2, 0.25) is 0 Å². The third-order valence-corrected chi connectivity index (χ3v) is 3.90. The first-order chi connectivity index (χ1) is 7.82. The van der Waals surface area contributed by atoms with Gasteiger partial charge in [0, 0.05) is 19.6 Å². The summed E-state index contributed by atoms with van der Waals surface area (Å²) in [6.07, 6.45) is 3.18. The quantitative estimate of drug-likeness (QED) is 0.650. The number of hydrogen-bond acceptors (Lipinski definition) is 3. The van der Waals surface area contributed by atoms with Crippen molar-refractivity contribution >= 4 is 6.09 Å². The molecule has 17 heavy (non-hydrogen) atoms. The van der Waals surface area contributed by atoms with Gasteiger partial charge in [0.1, 0.15) is 5.60 Å². The fraction of sp³-hybridized carbons (Fsp3) is 0.923. The summed E-state index contributed by atoms with van der Waals surface area (Å²) in [7, 11) is 2.14. The molecule has 0 aromatic heterocycles. The van der Waals surface area contributed by atoms with E-state index in [2.05, 4.69) is 11.9 Å². The van der Waals surface area contributed by atoms with Crippen molar-refractivity contribution in [1.82, 2.24) is 9.80 Å². The summed E-state index contributed by atoms with van der Waals surface area (Å²) in [4.78, 5) is 16.4. The van der Waals surface area contributed by atoms with Gasteiger partial charge in [-0.05, 0) is 47.1 Å². The molecule has 2 saturated heterocycles. The number of hydrogen-bond donors (Lipinski definition) is 0. The summed E-state index contributed by atoms with van der Waals surface area (Å²) >= 11 is 0. The third kappa shape index (κ3) is 2.57. The van der Waals surface area contributed by atoms with Crippen LogP contribution >= 0.6 is 0 Å². The van der Waals surface area contributed by atoms with Crippen molar-refractivity contribution in [3.8, 4) is 0 Å². The lowest BCUT2D eigenvalue weighted by molar-refractivity contribution is -0.0669. The number of carbonyl (C=O) groups is 1. The Morgan fingerprint density at radius 2 is 1.65 bits per heavy atom. The highest BCUT2D eigenvalue weighted by Gasteiger charge is 2.49. The van der Waals surface area contributed by atoms with Crippen LogP contribution < -0.4 is 0 Å². The maximum absolute atomic E-state index is 12.1. The zero-order valence-electron chi connectivity index (χ0n) is 11.5. The summed E-state index contributed by atoms with van der Waals surface area (Å²) in [5.74, 6) is 0. The van der Waals surface area contributed by atoms with Crippen LogP contribution in [0.1, 0.15) is 40.0 Å². The van der Waals surface area contributed by atoms with Gasteiger partial charge in [-0.1, -0.05) is 0 Å². The topological polar surface area (TPSA) is 32.8 Å². The van der Waals surface area contributed by atoms with Crippen molar-refractivity contribution in [3.63, 3.8) is 0 Å². The lowest BCUT2D eigenvalue weighted by atomic mass is 9.77. The molecule has 0 saturated carbocycles. The van der Waals surface area contributed by atoms with Crippen LogP contribution in [0, 0.1) is 0 Å². The van der Waals surface area contributed by atoms with E-state index < -0.39 is 0 Å². The number of rotatable bonds is 0. The second-order valence-corrected chi connectivity index (χ2v) is 6.41. The van der Waals surface area contributed by atoms with Crippen LogP contribution in [0.4, 0.5) is 4.79 Å². The maximum Gasteiger partial charge on any atom is 0.410 e. The minimum atomic E-state index is -0.390. The van der Waals surface area contributed by atoms with E-state index in [0.29, 0.717) is 0 Å². The van der Waals surface area contributed by atoms with Gasteiger partial charge in [-0.3, -0.25) is 0 Å². The number of nitrogens with zero attached hydrogens (tertiary/aromatic N) is 2. The molecule has 0 aromatic carbocycles. The highest BCUT2D eigenvalue weighted by Crippen LogP contribution is 2.40. The Morgan fingerprint density at radius 1 is 1.12 bits per heavy atom. The molecule has 0 aromatic rings. The molecule has 0 aliphatic carbocycles. The normalized spacial score (nSPS) is 24.6. The second kappa shape index (κ2) is 4.16. The first-order valence-electron chi connectivity index (χ1n) is 6.52. The Kier molecular flexibility index (Phi) is 3.10. The van der Waals surface area contributed by atoms with Crippen LogP contribution in [0.15, 0.2) is 0 Å². The number of likely N-dealkylation sites (tertiary alicyclic amines) is 2. The molecule has 0 atom stereocenters. The van der Waals surface area contributed by atoms with E-state index in [9.17, 15) is 4.79 Å². The summed E-state index contributed by atoms with van der Waals surface area (Å²) in [5, 5.41) is 0. The predicted octanol–water partition coefficient (Wildman–Crippen LogP) is 2.09. The van der Waals surface area contributed by atoms with Crippen LogP contribution in [0.3, 0.4) is 0 Å². The molecule has 0 unspecified atom stereocenters. The fourth-order valence-corrected chi connectivity index (χ4v) is 2.70. The lowest BCUT2D eigenvalue weighted by Gasteiger charge is -2.55. The van der Waals surface area contributed by atoms with Crippen LogP contribution in [-0.2, 0) is 4.74 Å². The summed E-state index contributed by atoms with van der Waals surface area (Å²) in [5.41, 5.74) is -0.284. The predicted molar refractivity (Wildman–Crippen MR) is 67.0 cm³/mol. The van der Waals surface area contributed by atoms with Crippen molar-refractivity contribution in [2.24, 2.45) is 0 Å². The zero-order valence-corrected chi connectivity index (χ0v) is 11.5. The number of amides is 1. The summed E-state index contributed by atoms with van der Waals surface area (Å²) < 4.78 is 5.47. The van der Waals surface area contributed by atoms with E-state index in [0.717, 1.165) is 38.9 Å². The van der Waals surface area contributed by atoms with Crippen molar-refractivity contribution in [1.29, 1.82) is 0 Å². The maximum atomic E-state index is 12.1. The molecule has 2 aliphatic heterocycles. The molecule has 2 rings (SSSR count). The SMILES string of the molecule is CN1CCC2(CC1)CCN2C(=O)OC(C)(C)C. The van der Waals surface area contributed by atoms with Crippen LogP contribution in [0.2, 0.25) is 0 Å².